The first kappa shape index (κ1) is 104. The first-order chi connectivity index (χ1) is 51.4. The fraction of sp³-hybridized carbons (Fsp3) is 0.954. The van der Waals surface area contributed by atoms with Crippen molar-refractivity contribution in [3.63, 3.8) is 0 Å². The Balaban J connectivity index is 5.22. The third-order valence-electron chi connectivity index (χ3n) is 20.5. The number of carbonyl (C=O) groups is 4. The molecule has 0 bridgehead atoms. The minimum absolute atomic E-state index is 0.108. The van der Waals surface area contributed by atoms with Crippen molar-refractivity contribution in [1.82, 2.24) is 0 Å². The first-order valence-corrected chi connectivity index (χ1v) is 48.0. The van der Waals surface area contributed by atoms with E-state index in [1.807, 2.05) is 0 Å². The largest absolute Gasteiger partial charge is 0.472 e. The highest BCUT2D eigenvalue weighted by molar-refractivity contribution is 7.47. The van der Waals surface area contributed by atoms with E-state index in [2.05, 4.69) is 41.5 Å². The van der Waals surface area contributed by atoms with E-state index >= 15 is 0 Å². The van der Waals surface area contributed by atoms with Crippen LogP contribution in [0, 0.1) is 11.8 Å². The molecule has 0 fully saturated rings. The van der Waals surface area contributed by atoms with Gasteiger partial charge in [-0.25, -0.2) is 9.13 Å². The lowest BCUT2D eigenvalue weighted by Gasteiger charge is -2.21. The summed E-state index contributed by atoms with van der Waals surface area (Å²) in [6.07, 6.45) is 70.9. The second-order valence-electron chi connectivity index (χ2n) is 32.2. The van der Waals surface area contributed by atoms with Gasteiger partial charge in [-0.2, -0.15) is 0 Å². The van der Waals surface area contributed by atoms with Crippen molar-refractivity contribution in [2.45, 2.75) is 484 Å². The fourth-order valence-corrected chi connectivity index (χ4v) is 15.2. The van der Waals surface area contributed by atoms with Crippen molar-refractivity contribution in [3.05, 3.63) is 0 Å². The molecule has 0 saturated heterocycles. The summed E-state index contributed by atoms with van der Waals surface area (Å²) in [5.74, 6) is -0.563. The third kappa shape index (κ3) is 80.1. The fourth-order valence-electron chi connectivity index (χ4n) is 13.6. The summed E-state index contributed by atoms with van der Waals surface area (Å²) in [6.45, 7) is 9.67. The van der Waals surface area contributed by atoms with Gasteiger partial charge in [-0.3, -0.25) is 37.3 Å². The van der Waals surface area contributed by atoms with Gasteiger partial charge in [0.15, 0.2) is 12.2 Å². The highest BCUT2D eigenvalue weighted by Gasteiger charge is 2.30. The average molecular weight is 1550 g/mol. The zero-order chi connectivity index (χ0) is 77.8. The number of ether oxygens (including phenoxy) is 4. The Kier molecular flexibility index (Phi) is 76.9. The normalized spacial score (nSPS) is 13.8. The van der Waals surface area contributed by atoms with Crippen LogP contribution < -0.4 is 0 Å². The Morgan fingerprint density at radius 2 is 0.434 bits per heavy atom. The molecule has 0 spiro atoms. The molecular weight excluding hydrogens is 1380 g/mol. The summed E-state index contributed by atoms with van der Waals surface area (Å²) in [7, 11) is -9.93. The van der Waals surface area contributed by atoms with Crippen LogP contribution in [0.15, 0.2) is 0 Å². The summed E-state index contributed by atoms with van der Waals surface area (Å²) >= 11 is 0. The second kappa shape index (κ2) is 78.3. The molecule has 0 aliphatic carbocycles. The molecular formula is C87H170O17P2. The van der Waals surface area contributed by atoms with E-state index in [0.29, 0.717) is 25.7 Å². The molecule has 106 heavy (non-hydrogen) atoms. The number of hydrogen-bond acceptors (Lipinski definition) is 15. The number of aliphatic hydroxyl groups excluding tert-OH is 1. The molecule has 19 heteroatoms. The van der Waals surface area contributed by atoms with Gasteiger partial charge in [-0.1, -0.05) is 414 Å². The average Bonchev–Trinajstić information content (AvgIpc) is 0.903. The van der Waals surface area contributed by atoms with Crippen molar-refractivity contribution in [1.29, 1.82) is 0 Å². The zero-order valence-corrected chi connectivity index (χ0v) is 71.5. The van der Waals surface area contributed by atoms with Gasteiger partial charge >= 0.3 is 39.5 Å². The molecule has 0 aliphatic heterocycles. The highest BCUT2D eigenvalue weighted by Crippen LogP contribution is 2.45. The van der Waals surface area contributed by atoms with Crippen LogP contribution in [0.2, 0.25) is 0 Å². The molecule has 0 amide bonds. The summed E-state index contributed by atoms with van der Waals surface area (Å²) in [5, 5.41) is 10.7. The van der Waals surface area contributed by atoms with Crippen molar-refractivity contribution in [2.75, 3.05) is 39.6 Å². The van der Waals surface area contributed by atoms with E-state index in [4.69, 9.17) is 37.0 Å². The number of carbonyl (C=O) groups excluding carboxylic acids is 4. The third-order valence-corrected chi connectivity index (χ3v) is 22.4. The monoisotopic (exact) mass is 1550 g/mol. The SMILES string of the molecule is CCCCCCCCCCCCCCCCCCCCCCCCC(=O)O[C@H](COC(=O)CCCCCCCCCCCCCCCCCCC(C)C)COP(=O)(O)OC[C@@H](O)COP(=O)(O)OC[C@@H](COC(=O)CCCCCCCCCCC(C)C)OC(=O)CCCCCCCCCCCCCCCC. The van der Waals surface area contributed by atoms with Crippen LogP contribution in [0.4, 0.5) is 0 Å². The van der Waals surface area contributed by atoms with Crippen LogP contribution in [-0.4, -0.2) is 96.7 Å². The Morgan fingerprint density at radius 3 is 0.642 bits per heavy atom. The first-order valence-electron chi connectivity index (χ1n) is 45.0. The number of phosphoric ester groups is 2. The minimum atomic E-state index is -4.97. The van der Waals surface area contributed by atoms with Crippen molar-refractivity contribution in [3.8, 4) is 0 Å². The van der Waals surface area contributed by atoms with Gasteiger partial charge < -0.3 is 33.8 Å². The predicted molar refractivity (Wildman–Crippen MR) is 437 cm³/mol. The Labute approximate surface area is 651 Å². The van der Waals surface area contributed by atoms with Gasteiger partial charge in [-0.05, 0) is 37.5 Å². The van der Waals surface area contributed by atoms with Crippen LogP contribution in [0.5, 0.6) is 0 Å². The lowest BCUT2D eigenvalue weighted by molar-refractivity contribution is -0.161. The van der Waals surface area contributed by atoms with E-state index in [9.17, 15) is 43.2 Å². The van der Waals surface area contributed by atoms with E-state index in [1.54, 1.807) is 0 Å². The molecule has 0 rings (SSSR count). The molecule has 0 aromatic heterocycles. The number of unbranched alkanes of at least 4 members (excludes halogenated alkanes) is 56. The number of rotatable bonds is 86. The molecule has 5 atom stereocenters. The van der Waals surface area contributed by atoms with E-state index in [1.165, 1.54) is 283 Å². The molecule has 630 valence electrons. The van der Waals surface area contributed by atoms with Gasteiger partial charge in [0.25, 0.3) is 0 Å². The van der Waals surface area contributed by atoms with Crippen molar-refractivity contribution in [2.24, 2.45) is 11.8 Å². The quantitative estimate of drug-likeness (QED) is 0.0222. The smallest absolute Gasteiger partial charge is 0.462 e. The lowest BCUT2D eigenvalue weighted by atomic mass is 10.0. The summed E-state index contributed by atoms with van der Waals surface area (Å²) < 4.78 is 68.9. The van der Waals surface area contributed by atoms with Crippen molar-refractivity contribution >= 4 is 39.5 Å². The zero-order valence-electron chi connectivity index (χ0n) is 69.7. The Bertz CT molecular complexity index is 2030. The molecule has 17 nitrogen and oxygen atoms in total. The van der Waals surface area contributed by atoms with Crippen LogP contribution in [0.25, 0.3) is 0 Å². The molecule has 0 aromatic carbocycles. The lowest BCUT2D eigenvalue weighted by Crippen LogP contribution is -2.30. The molecule has 0 radical (unpaired) electrons. The maximum Gasteiger partial charge on any atom is 0.472 e. The van der Waals surface area contributed by atoms with Crippen molar-refractivity contribution < 1.29 is 80.2 Å². The van der Waals surface area contributed by atoms with Crippen LogP contribution in [0.1, 0.15) is 465 Å². The van der Waals surface area contributed by atoms with E-state index in [-0.39, 0.29) is 25.7 Å². The highest BCUT2D eigenvalue weighted by atomic mass is 31.2. The number of hydrogen-bond donors (Lipinski definition) is 3. The maximum atomic E-state index is 13.2. The molecule has 2 unspecified atom stereocenters. The minimum Gasteiger partial charge on any atom is -0.462 e. The molecule has 0 aliphatic rings. The van der Waals surface area contributed by atoms with Crippen LogP contribution in [-0.2, 0) is 65.4 Å². The van der Waals surface area contributed by atoms with Gasteiger partial charge in [0, 0.05) is 25.7 Å². The van der Waals surface area contributed by atoms with Gasteiger partial charge in [0.05, 0.1) is 26.4 Å². The Hall–Kier alpha value is -1.94. The second-order valence-corrected chi connectivity index (χ2v) is 35.1. The van der Waals surface area contributed by atoms with Gasteiger partial charge in [0.2, 0.25) is 0 Å². The number of esters is 4. The summed E-state index contributed by atoms with van der Waals surface area (Å²) in [5.41, 5.74) is 0. The van der Waals surface area contributed by atoms with E-state index < -0.39 is 97.5 Å². The maximum absolute atomic E-state index is 13.2. The number of aliphatic hydroxyl groups is 1. The summed E-state index contributed by atoms with van der Waals surface area (Å²) in [4.78, 5) is 73.2. The van der Waals surface area contributed by atoms with Crippen LogP contribution >= 0.6 is 15.6 Å². The molecule has 0 heterocycles. The van der Waals surface area contributed by atoms with Gasteiger partial charge in [-0.15, -0.1) is 0 Å². The predicted octanol–water partition coefficient (Wildman–Crippen LogP) is 26.6. The Morgan fingerprint density at radius 1 is 0.255 bits per heavy atom. The van der Waals surface area contributed by atoms with Gasteiger partial charge in [0.1, 0.15) is 19.3 Å². The van der Waals surface area contributed by atoms with Crippen LogP contribution in [0.3, 0.4) is 0 Å². The standard InChI is InChI=1S/C87H170O17P2/c1-7-9-11-13-15-17-19-21-23-24-25-26-27-28-29-34-38-42-46-54-60-66-72-87(92)103-82(75-97-84(89)69-63-57-51-44-40-37-33-31-30-32-35-39-43-49-55-61-67-79(3)4)77-101-105(93,94)99-73-81(88)74-100-106(95,96)102-78-83(76-98-85(90)70-64-58-52-48-47-50-56-62-68-80(5)6)104-86(91)71-65-59-53-45-41-36-22-20-18-16-14-12-10-8-2/h79-83,88H,7-78H2,1-6H3,(H,93,94)(H,95,96)/t81-,82-,83-/m1/s1. The number of phosphoric acid groups is 2. The molecule has 0 saturated carbocycles. The molecule has 0 aromatic rings. The topological polar surface area (TPSA) is 237 Å². The molecule has 3 N–H and O–H groups in total. The summed E-state index contributed by atoms with van der Waals surface area (Å²) in [6, 6.07) is 0. The van der Waals surface area contributed by atoms with E-state index in [0.717, 1.165) is 102 Å².